The second-order valence-electron chi connectivity index (χ2n) is 10.4. The van der Waals surface area contributed by atoms with Crippen LogP contribution in [0.4, 0.5) is 0 Å². The maximum Gasteiger partial charge on any atom is 0.309 e. The highest BCUT2D eigenvalue weighted by atomic mass is 16.6. The van der Waals surface area contributed by atoms with Gasteiger partial charge in [-0.05, 0) is 51.0 Å². The summed E-state index contributed by atoms with van der Waals surface area (Å²) >= 11 is 0. The third-order valence-corrected chi connectivity index (χ3v) is 7.78. The monoisotopic (exact) mass is 438 g/mol. The number of rotatable bonds is 6. The normalized spacial score (nSPS) is 30.7. The number of nitrogens with one attached hydrogen (secondary N) is 1. The molecule has 1 aromatic carbocycles. The van der Waals surface area contributed by atoms with Gasteiger partial charge in [0.2, 0.25) is 11.8 Å². The molecule has 0 radical (unpaired) electrons. The topological polar surface area (TPSA) is 75.7 Å². The summed E-state index contributed by atoms with van der Waals surface area (Å²) in [5.41, 5.74) is 0.126. The Morgan fingerprint density at radius 3 is 2.22 bits per heavy atom. The molecule has 1 N–H and O–H groups in total. The van der Waals surface area contributed by atoms with Crippen LogP contribution in [0.2, 0.25) is 0 Å². The van der Waals surface area contributed by atoms with Gasteiger partial charge in [-0.2, -0.15) is 0 Å². The molecule has 4 aliphatic rings. The van der Waals surface area contributed by atoms with E-state index in [1.54, 1.807) is 0 Å². The first-order valence-electron chi connectivity index (χ1n) is 12.3. The molecule has 3 aliphatic carbocycles. The van der Waals surface area contributed by atoms with Crippen molar-refractivity contribution in [2.45, 2.75) is 82.4 Å². The van der Waals surface area contributed by atoms with Crippen molar-refractivity contribution < 1.29 is 19.1 Å². The number of nitrogens with zero attached hydrogens (tertiary/aromatic N) is 1. The van der Waals surface area contributed by atoms with Crippen LogP contribution in [0.15, 0.2) is 30.3 Å². The molecule has 3 atom stereocenters. The lowest BCUT2D eigenvalue weighted by atomic mass is 9.78. The van der Waals surface area contributed by atoms with Gasteiger partial charge in [-0.3, -0.25) is 14.4 Å². The second-order valence-corrected chi connectivity index (χ2v) is 10.4. The number of esters is 1. The van der Waals surface area contributed by atoms with E-state index in [4.69, 9.17) is 4.74 Å². The van der Waals surface area contributed by atoms with Crippen molar-refractivity contribution in [1.82, 2.24) is 10.2 Å². The van der Waals surface area contributed by atoms with Crippen molar-refractivity contribution in [1.29, 1.82) is 0 Å². The summed E-state index contributed by atoms with van der Waals surface area (Å²) in [7, 11) is 0. The fourth-order valence-electron chi connectivity index (χ4n) is 5.42. The van der Waals surface area contributed by atoms with E-state index in [1.807, 2.05) is 42.2 Å². The van der Waals surface area contributed by atoms with Crippen LogP contribution in [0.5, 0.6) is 0 Å². The molecule has 1 aliphatic heterocycles. The number of likely N-dealkylation sites (tertiary alicyclic amines) is 1. The van der Waals surface area contributed by atoms with Gasteiger partial charge in [-0.25, -0.2) is 0 Å². The minimum Gasteiger partial charge on any atom is -0.457 e. The van der Waals surface area contributed by atoms with Crippen molar-refractivity contribution in [2.75, 3.05) is 6.54 Å². The first kappa shape index (κ1) is 21.5. The molecule has 0 unspecified atom stereocenters. The first-order valence-corrected chi connectivity index (χ1v) is 12.3. The van der Waals surface area contributed by atoms with Gasteiger partial charge in [0, 0.05) is 24.8 Å². The van der Waals surface area contributed by atoms with Gasteiger partial charge in [0.1, 0.15) is 5.60 Å². The average molecular weight is 439 g/mol. The highest BCUT2D eigenvalue weighted by Gasteiger charge is 2.53. The molecule has 5 rings (SSSR count). The summed E-state index contributed by atoms with van der Waals surface area (Å²) < 4.78 is 6.14. The van der Waals surface area contributed by atoms with E-state index in [0.717, 1.165) is 56.9 Å². The van der Waals surface area contributed by atoms with Crippen molar-refractivity contribution in [2.24, 2.45) is 17.8 Å². The largest absolute Gasteiger partial charge is 0.457 e. The Morgan fingerprint density at radius 1 is 0.938 bits per heavy atom. The Labute approximate surface area is 190 Å². The van der Waals surface area contributed by atoms with Gasteiger partial charge in [-0.15, -0.1) is 0 Å². The molecule has 172 valence electrons. The number of hydrogen-bond donors (Lipinski definition) is 1. The Balaban J connectivity index is 1.50. The van der Waals surface area contributed by atoms with Crippen LogP contribution in [0.3, 0.4) is 0 Å². The van der Waals surface area contributed by atoms with Crippen LogP contribution < -0.4 is 5.32 Å². The lowest BCUT2D eigenvalue weighted by Crippen LogP contribution is -2.65. The molecule has 1 saturated heterocycles. The molecule has 3 saturated carbocycles. The van der Waals surface area contributed by atoms with Gasteiger partial charge in [-0.1, -0.05) is 43.2 Å². The summed E-state index contributed by atoms with van der Waals surface area (Å²) in [6.45, 7) is 2.47. The predicted octanol–water partition coefficient (Wildman–Crippen LogP) is 3.76. The number of benzene rings is 1. The zero-order chi connectivity index (χ0) is 22.3. The number of hydrogen-bond acceptors (Lipinski definition) is 4. The number of piperidine rings is 1. The smallest absolute Gasteiger partial charge is 0.309 e. The van der Waals surface area contributed by atoms with E-state index >= 15 is 0 Å². The second kappa shape index (κ2) is 8.53. The molecule has 1 aromatic rings. The Bertz CT molecular complexity index is 873. The highest BCUT2D eigenvalue weighted by Crippen LogP contribution is 2.44. The summed E-state index contributed by atoms with van der Waals surface area (Å²) in [6, 6.07) is 9.10. The maximum atomic E-state index is 13.3. The number of ether oxygens (including phenoxy) is 1. The fourth-order valence-corrected chi connectivity index (χ4v) is 5.42. The average Bonchev–Trinajstić information content (AvgIpc) is 3.73. The Kier molecular flexibility index (Phi) is 5.72. The third kappa shape index (κ3) is 4.28. The Hall–Kier alpha value is -2.37. The first-order chi connectivity index (χ1) is 15.5. The van der Waals surface area contributed by atoms with Crippen molar-refractivity contribution in [3.8, 4) is 0 Å². The van der Waals surface area contributed by atoms with E-state index in [9.17, 15) is 14.4 Å². The van der Waals surface area contributed by atoms with Gasteiger partial charge in [0.15, 0.2) is 0 Å². The van der Waals surface area contributed by atoms with Crippen molar-refractivity contribution in [3.05, 3.63) is 35.9 Å². The molecular weight excluding hydrogens is 404 g/mol. The lowest BCUT2D eigenvalue weighted by Gasteiger charge is -2.51. The van der Waals surface area contributed by atoms with Gasteiger partial charge in [0.25, 0.3) is 0 Å². The minimum atomic E-state index is -0.852. The standard InChI is InChI=1S/C26H34N2O4/c1-26(32-25(31)20-13-14-20)15-16-28(24(30)19-11-12-19)21(17-7-3-2-4-8-17)22(26)27-23(29)18-9-5-6-10-18/h2-4,7-8,18-22H,5-6,9-16H2,1H3,(H,27,29)/t21-,22-,26+/m0/s1. The SMILES string of the molecule is C[C@@]1(OC(=O)C2CC2)CCN(C(=O)C2CC2)[C@@H](c2ccccc2)[C@@H]1NC(=O)C1CCCC1. The summed E-state index contributed by atoms with van der Waals surface area (Å²) in [6.07, 6.45) is 8.10. The number of carbonyl (C=O) groups is 3. The van der Waals surface area contributed by atoms with Crippen LogP contribution in [-0.4, -0.2) is 40.9 Å². The summed E-state index contributed by atoms with van der Waals surface area (Å²) in [5.74, 6) is 0.105. The van der Waals surface area contributed by atoms with Crippen molar-refractivity contribution in [3.63, 3.8) is 0 Å². The van der Waals surface area contributed by atoms with Crippen LogP contribution in [-0.2, 0) is 19.1 Å². The van der Waals surface area contributed by atoms with Crippen LogP contribution in [0, 0.1) is 17.8 Å². The molecule has 6 nitrogen and oxygen atoms in total. The fraction of sp³-hybridized carbons (Fsp3) is 0.654. The van der Waals surface area contributed by atoms with E-state index in [2.05, 4.69) is 5.32 Å². The van der Waals surface area contributed by atoms with Gasteiger partial charge >= 0.3 is 5.97 Å². The van der Waals surface area contributed by atoms with E-state index in [-0.39, 0.29) is 41.6 Å². The molecule has 0 spiro atoms. The van der Waals surface area contributed by atoms with Crippen LogP contribution in [0.25, 0.3) is 0 Å². The minimum absolute atomic E-state index is 0.00400. The quantitative estimate of drug-likeness (QED) is 0.687. The van der Waals surface area contributed by atoms with E-state index < -0.39 is 11.6 Å². The molecule has 0 bridgehead atoms. The third-order valence-electron chi connectivity index (χ3n) is 7.78. The lowest BCUT2D eigenvalue weighted by molar-refractivity contribution is -0.175. The van der Waals surface area contributed by atoms with E-state index in [0.29, 0.717) is 13.0 Å². The van der Waals surface area contributed by atoms with Gasteiger partial charge < -0.3 is 15.0 Å². The zero-order valence-corrected chi connectivity index (χ0v) is 18.9. The zero-order valence-electron chi connectivity index (χ0n) is 18.9. The van der Waals surface area contributed by atoms with Crippen LogP contribution >= 0.6 is 0 Å². The van der Waals surface area contributed by atoms with Crippen molar-refractivity contribution >= 4 is 17.8 Å². The molecule has 32 heavy (non-hydrogen) atoms. The maximum absolute atomic E-state index is 13.3. The molecular formula is C26H34N2O4. The number of amides is 2. The molecule has 1 heterocycles. The summed E-state index contributed by atoms with van der Waals surface area (Å²) in [4.78, 5) is 41.2. The summed E-state index contributed by atoms with van der Waals surface area (Å²) in [5, 5.41) is 3.30. The highest BCUT2D eigenvalue weighted by molar-refractivity contribution is 5.83. The predicted molar refractivity (Wildman–Crippen MR) is 119 cm³/mol. The number of carbonyl (C=O) groups excluding carboxylic acids is 3. The van der Waals surface area contributed by atoms with Gasteiger partial charge in [0.05, 0.1) is 18.0 Å². The van der Waals surface area contributed by atoms with E-state index in [1.165, 1.54) is 0 Å². The molecule has 2 amide bonds. The molecule has 4 fully saturated rings. The Morgan fingerprint density at radius 2 is 1.59 bits per heavy atom. The molecule has 0 aromatic heterocycles. The molecule has 6 heteroatoms. The van der Waals surface area contributed by atoms with Crippen LogP contribution in [0.1, 0.15) is 76.3 Å².